The molecule has 0 radical (unpaired) electrons. The van der Waals surface area contributed by atoms with Crippen LogP contribution >= 0.6 is 11.6 Å². The Labute approximate surface area is 189 Å². The summed E-state index contributed by atoms with van der Waals surface area (Å²) in [4.78, 5) is 17.6. The fourth-order valence-corrected chi connectivity index (χ4v) is 4.64. The number of hydrogen-bond acceptors (Lipinski definition) is 6. The lowest BCUT2D eigenvalue weighted by Gasteiger charge is -2.21. The van der Waals surface area contributed by atoms with Crippen molar-refractivity contribution in [2.75, 3.05) is 20.4 Å². The van der Waals surface area contributed by atoms with Gasteiger partial charge in [0.25, 0.3) is 0 Å². The van der Waals surface area contributed by atoms with E-state index in [2.05, 4.69) is 24.3 Å². The van der Waals surface area contributed by atoms with E-state index < -0.39 is 14.0 Å². The highest BCUT2D eigenvalue weighted by atomic mass is 35.5. The van der Waals surface area contributed by atoms with Gasteiger partial charge in [-0.05, 0) is 37.6 Å². The molecule has 8 heteroatoms. The van der Waals surface area contributed by atoms with E-state index in [4.69, 9.17) is 30.6 Å². The molecule has 2 aromatic rings. The molecular formula is C23H28ClNO5Si. The van der Waals surface area contributed by atoms with Gasteiger partial charge in [0, 0.05) is 10.6 Å². The predicted octanol–water partition coefficient (Wildman–Crippen LogP) is 4.58. The number of aryl methyl sites for hydroxylation is 1. The lowest BCUT2D eigenvalue weighted by Crippen LogP contribution is -2.46. The first kappa shape index (κ1) is 24.5. The van der Waals surface area contributed by atoms with Gasteiger partial charge in [0.05, 0.1) is 19.9 Å². The number of esters is 1. The van der Waals surface area contributed by atoms with Crippen molar-refractivity contribution < 1.29 is 23.8 Å². The van der Waals surface area contributed by atoms with Crippen LogP contribution in [0.1, 0.15) is 18.1 Å². The van der Waals surface area contributed by atoms with Crippen LogP contribution in [0.25, 0.3) is 0 Å². The number of oxime groups is 1. The molecule has 0 bridgehead atoms. The fraction of sp³-hybridized carbons (Fsp3) is 0.304. The van der Waals surface area contributed by atoms with E-state index in [0.29, 0.717) is 17.7 Å². The maximum atomic E-state index is 11.9. The highest BCUT2D eigenvalue weighted by molar-refractivity contribution is 6.89. The second-order valence-electron chi connectivity index (χ2n) is 7.64. The minimum atomic E-state index is -1.86. The van der Waals surface area contributed by atoms with Gasteiger partial charge in [0.2, 0.25) is 5.76 Å². The van der Waals surface area contributed by atoms with Crippen molar-refractivity contribution in [3.63, 3.8) is 0 Å². The molecule has 0 saturated heterocycles. The van der Waals surface area contributed by atoms with Crippen LogP contribution < -0.4 is 9.92 Å². The highest BCUT2D eigenvalue weighted by Crippen LogP contribution is 2.23. The Balaban J connectivity index is 2.15. The Bertz CT molecular complexity index is 988. The lowest BCUT2D eigenvalue weighted by molar-refractivity contribution is -0.138. The Morgan fingerprint density at radius 1 is 1.16 bits per heavy atom. The molecule has 0 atom stereocenters. The van der Waals surface area contributed by atoms with Gasteiger partial charge in [-0.2, -0.15) is 0 Å². The monoisotopic (exact) mass is 461 g/mol. The molecule has 0 unspecified atom stereocenters. The summed E-state index contributed by atoms with van der Waals surface area (Å²) in [5, 5.41) is 6.23. The Morgan fingerprint density at radius 3 is 2.55 bits per heavy atom. The standard InChI is InChI=1S/C23H28ClNO5Si/c1-16-10-11-18(12-21(16)30-22(14-27-3)23(26)28-4)17(2)25-29-15-31(5,6)20-9-7-8-19(24)13-20/h7-14H,15H2,1-6H3. The van der Waals surface area contributed by atoms with Crippen molar-refractivity contribution >= 4 is 36.5 Å². The van der Waals surface area contributed by atoms with Crippen molar-refractivity contribution in [2.24, 2.45) is 5.16 Å². The molecule has 0 fully saturated rings. The normalized spacial score (nSPS) is 12.4. The number of ether oxygens (including phenoxy) is 3. The van der Waals surface area contributed by atoms with Crippen LogP contribution in [0.2, 0.25) is 18.1 Å². The van der Waals surface area contributed by atoms with Gasteiger partial charge in [0.15, 0.2) is 0 Å². The molecule has 31 heavy (non-hydrogen) atoms. The Hall–Kier alpha value is -2.77. The molecule has 166 valence electrons. The number of carbonyl (C=O) groups is 1. The van der Waals surface area contributed by atoms with Gasteiger partial charge in [-0.1, -0.05) is 59.3 Å². The first-order valence-electron chi connectivity index (χ1n) is 9.70. The molecule has 0 heterocycles. The molecule has 0 spiro atoms. The van der Waals surface area contributed by atoms with E-state index in [1.165, 1.54) is 25.7 Å². The molecule has 0 amide bonds. The van der Waals surface area contributed by atoms with Gasteiger partial charge in [0.1, 0.15) is 26.3 Å². The number of benzene rings is 2. The second kappa shape index (κ2) is 11.0. The molecule has 0 aromatic heterocycles. The summed E-state index contributed by atoms with van der Waals surface area (Å²) < 4.78 is 15.3. The summed E-state index contributed by atoms with van der Waals surface area (Å²) in [7, 11) is 0.850. The highest BCUT2D eigenvalue weighted by Gasteiger charge is 2.25. The van der Waals surface area contributed by atoms with Gasteiger partial charge in [-0.15, -0.1) is 0 Å². The van der Waals surface area contributed by atoms with Crippen LogP contribution in [0.3, 0.4) is 0 Å². The van der Waals surface area contributed by atoms with Crippen molar-refractivity contribution in [1.29, 1.82) is 0 Å². The third-order valence-corrected chi connectivity index (χ3v) is 7.63. The lowest BCUT2D eigenvalue weighted by atomic mass is 10.1. The number of hydrogen-bond donors (Lipinski definition) is 0. The summed E-state index contributed by atoms with van der Waals surface area (Å²) in [5.74, 6) is -0.187. The minimum absolute atomic E-state index is 0.0506. The summed E-state index contributed by atoms with van der Waals surface area (Å²) in [5.41, 5.74) is 2.35. The van der Waals surface area contributed by atoms with Crippen molar-refractivity contribution in [3.8, 4) is 5.75 Å². The van der Waals surface area contributed by atoms with E-state index in [1.54, 1.807) is 6.07 Å². The zero-order valence-corrected chi connectivity index (χ0v) is 20.4. The zero-order valence-electron chi connectivity index (χ0n) is 18.7. The van der Waals surface area contributed by atoms with E-state index in [1.807, 2.05) is 44.2 Å². The van der Waals surface area contributed by atoms with Gasteiger partial charge < -0.3 is 19.0 Å². The van der Waals surface area contributed by atoms with Crippen molar-refractivity contribution in [3.05, 3.63) is 70.6 Å². The molecule has 0 aliphatic carbocycles. The first-order valence-corrected chi connectivity index (χ1v) is 13.3. The maximum absolute atomic E-state index is 11.9. The molecule has 2 rings (SSSR count). The first-order chi connectivity index (χ1) is 14.7. The SMILES string of the molecule is COC=C(Oc1cc(C(C)=NOC[Si](C)(C)c2cccc(Cl)c2)ccc1C)C(=O)OC. The van der Waals surface area contributed by atoms with Crippen LogP contribution in [0, 0.1) is 6.92 Å². The minimum Gasteiger partial charge on any atom is -0.500 e. The largest absolute Gasteiger partial charge is 0.500 e. The topological polar surface area (TPSA) is 66.3 Å². The third-order valence-electron chi connectivity index (χ3n) is 4.67. The molecule has 0 saturated carbocycles. The number of methoxy groups -OCH3 is 2. The molecule has 0 N–H and O–H groups in total. The molecule has 0 aliphatic heterocycles. The van der Waals surface area contributed by atoms with Crippen molar-refractivity contribution in [2.45, 2.75) is 26.9 Å². The average molecular weight is 462 g/mol. The number of carbonyl (C=O) groups excluding carboxylic acids is 1. The number of nitrogens with zero attached hydrogens (tertiary/aromatic N) is 1. The smallest absolute Gasteiger partial charge is 0.377 e. The van der Waals surface area contributed by atoms with E-state index in [0.717, 1.165) is 16.1 Å². The van der Waals surface area contributed by atoms with Crippen LogP contribution in [0.5, 0.6) is 5.75 Å². The summed E-state index contributed by atoms with van der Waals surface area (Å²) >= 11 is 6.13. The van der Waals surface area contributed by atoms with E-state index in [-0.39, 0.29) is 5.76 Å². The average Bonchev–Trinajstić information content (AvgIpc) is 2.74. The predicted molar refractivity (Wildman–Crippen MR) is 126 cm³/mol. The van der Waals surface area contributed by atoms with Gasteiger partial charge in [-0.3, -0.25) is 0 Å². The van der Waals surface area contributed by atoms with Crippen LogP contribution in [0.15, 0.2) is 59.6 Å². The number of halogens is 1. The van der Waals surface area contributed by atoms with Crippen LogP contribution in [0.4, 0.5) is 0 Å². The van der Waals surface area contributed by atoms with Crippen LogP contribution in [-0.4, -0.2) is 40.2 Å². The molecule has 0 aliphatic rings. The van der Waals surface area contributed by atoms with Crippen LogP contribution in [-0.2, 0) is 19.1 Å². The fourth-order valence-electron chi connectivity index (χ4n) is 2.71. The zero-order chi connectivity index (χ0) is 23.0. The summed E-state index contributed by atoms with van der Waals surface area (Å²) in [6.45, 7) is 8.15. The molecule has 2 aromatic carbocycles. The second-order valence-corrected chi connectivity index (χ2v) is 12.7. The Kier molecular flexibility index (Phi) is 8.71. The van der Waals surface area contributed by atoms with E-state index in [9.17, 15) is 4.79 Å². The number of rotatable bonds is 9. The Morgan fingerprint density at radius 2 is 1.90 bits per heavy atom. The van der Waals surface area contributed by atoms with Gasteiger partial charge in [-0.25, -0.2) is 4.79 Å². The molecular weight excluding hydrogens is 434 g/mol. The third kappa shape index (κ3) is 6.87. The van der Waals surface area contributed by atoms with Gasteiger partial charge >= 0.3 is 5.97 Å². The van der Waals surface area contributed by atoms with E-state index >= 15 is 0 Å². The summed E-state index contributed by atoms with van der Waals surface area (Å²) in [6.07, 6.45) is 1.72. The quantitative estimate of drug-likeness (QED) is 0.136. The summed E-state index contributed by atoms with van der Waals surface area (Å²) in [6, 6.07) is 13.5. The molecule has 6 nitrogen and oxygen atoms in total. The maximum Gasteiger partial charge on any atom is 0.377 e. The van der Waals surface area contributed by atoms with Crippen molar-refractivity contribution in [1.82, 2.24) is 0 Å².